The van der Waals surface area contributed by atoms with Crippen molar-refractivity contribution in [2.24, 2.45) is 0 Å². The monoisotopic (exact) mass is 384 g/mol. The van der Waals surface area contributed by atoms with Crippen LogP contribution in [0.3, 0.4) is 0 Å². The maximum atomic E-state index is 12.5. The van der Waals surface area contributed by atoms with E-state index >= 15 is 0 Å². The van der Waals surface area contributed by atoms with Crippen molar-refractivity contribution in [1.82, 2.24) is 9.80 Å². The quantitative estimate of drug-likeness (QED) is 0.801. The molecule has 1 unspecified atom stereocenters. The van der Waals surface area contributed by atoms with Gasteiger partial charge in [-0.2, -0.15) is 0 Å². The van der Waals surface area contributed by atoms with E-state index in [4.69, 9.17) is 9.15 Å². The molecule has 6 nitrogen and oxygen atoms in total. The Morgan fingerprint density at radius 2 is 1.96 bits per heavy atom. The molecule has 0 saturated carbocycles. The van der Waals surface area contributed by atoms with Crippen molar-refractivity contribution in [3.05, 3.63) is 22.6 Å². The molecule has 0 spiro atoms. The lowest BCUT2D eigenvalue weighted by atomic mass is 10.0. The van der Waals surface area contributed by atoms with Crippen LogP contribution < -0.4 is 0 Å². The molecule has 3 rings (SSSR count). The smallest absolute Gasteiger partial charge is 0.289 e. The van der Waals surface area contributed by atoms with Gasteiger partial charge >= 0.3 is 0 Å². The predicted molar refractivity (Wildman–Crippen MR) is 87.1 cm³/mol. The van der Waals surface area contributed by atoms with E-state index in [0.717, 1.165) is 19.3 Å². The molecule has 2 aliphatic heterocycles. The second kappa shape index (κ2) is 7.05. The Kier molecular flexibility index (Phi) is 5.06. The molecule has 23 heavy (non-hydrogen) atoms. The highest BCUT2D eigenvalue weighted by molar-refractivity contribution is 9.10. The number of hydrogen-bond acceptors (Lipinski definition) is 4. The number of ether oxygens (including phenoxy) is 1. The zero-order valence-corrected chi connectivity index (χ0v) is 14.8. The van der Waals surface area contributed by atoms with Crippen LogP contribution >= 0.6 is 15.9 Å². The van der Waals surface area contributed by atoms with Crippen LogP contribution in [0.1, 0.15) is 36.7 Å². The summed E-state index contributed by atoms with van der Waals surface area (Å²) in [6, 6.07) is 3.68. The Balaban J connectivity index is 1.67. The van der Waals surface area contributed by atoms with Crippen molar-refractivity contribution in [2.45, 2.75) is 38.3 Å². The lowest BCUT2D eigenvalue weighted by Crippen LogP contribution is -2.49. The molecule has 1 atom stereocenters. The third-order valence-corrected chi connectivity index (χ3v) is 5.00. The molecule has 2 amide bonds. The van der Waals surface area contributed by atoms with Crippen molar-refractivity contribution < 1.29 is 18.7 Å². The van der Waals surface area contributed by atoms with E-state index in [1.165, 1.54) is 0 Å². The topological polar surface area (TPSA) is 63.0 Å². The minimum absolute atomic E-state index is 0.0805. The number of likely N-dealkylation sites (tertiary alicyclic amines) is 1. The third kappa shape index (κ3) is 3.61. The van der Waals surface area contributed by atoms with Gasteiger partial charge in [-0.1, -0.05) is 0 Å². The maximum Gasteiger partial charge on any atom is 0.289 e. The Labute approximate surface area is 143 Å². The number of furan rings is 1. The highest BCUT2D eigenvalue weighted by Crippen LogP contribution is 2.25. The number of halogens is 1. The minimum Gasteiger partial charge on any atom is -0.444 e. The van der Waals surface area contributed by atoms with Crippen LogP contribution in [0.4, 0.5) is 0 Å². The summed E-state index contributed by atoms with van der Waals surface area (Å²) >= 11 is 3.21. The van der Waals surface area contributed by atoms with Gasteiger partial charge in [0.1, 0.15) is 0 Å². The average molecular weight is 385 g/mol. The Morgan fingerprint density at radius 3 is 2.57 bits per heavy atom. The van der Waals surface area contributed by atoms with Crippen LogP contribution in [0.25, 0.3) is 0 Å². The Bertz CT molecular complexity index is 582. The molecule has 2 aliphatic rings. The summed E-state index contributed by atoms with van der Waals surface area (Å²) in [6.45, 7) is 4.22. The summed E-state index contributed by atoms with van der Waals surface area (Å²) in [5.74, 6) is 0.295. The molecular formula is C16H21BrN2O4. The summed E-state index contributed by atoms with van der Waals surface area (Å²) in [7, 11) is 0. The number of carbonyl (C=O) groups excluding carboxylic acids is 2. The van der Waals surface area contributed by atoms with Gasteiger partial charge in [0.15, 0.2) is 10.4 Å². The van der Waals surface area contributed by atoms with Crippen molar-refractivity contribution in [3.8, 4) is 0 Å². The van der Waals surface area contributed by atoms with E-state index in [9.17, 15) is 9.59 Å². The van der Waals surface area contributed by atoms with E-state index in [2.05, 4.69) is 15.9 Å². The van der Waals surface area contributed by atoms with Crippen LogP contribution in [-0.4, -0.2) is 60.0 Å². The zero-order chi connectivity index (χ0) is 16.4. The van der Waals surface area contributed by atoms with Crippen LogP contribution in [0.5, 0.6) is 0 Å². The molecule has 0 N–H and O–H groups in total. The molecule has 3 heterocycles. The molecule has 0 aliphatic carbocycles. The largest absolute Gasteiger partial charge is 0.444 e. The predicted octanol–water partition coefficient (Wildman–Crippen LogP) is 2.28. The lowest BCUT2D eigenvalue weighted by Gasteiger charge is -2.37. The van der Waals surface area contributed by atoms with E-state index in [1.807, 2.05) is 4.90 Å². The first kappa shape index (κ1) is 16.5. The highest BCUT2D eigenvalue weighted by atomic mass is 79.9. The van der Waals surface area contributed by atoms with Crippen LogP contribution in [0.15, 0.2) is 21.2 Å². The SMILES string of the molecule is CC(=O)N(C1CCOCC1)C1CCN(C(=O)c2ccc(Br)o2)C1. The van der Waals surface area contributed by atoms with Gasteiger partial charge < -0.3 is 19.0 Å². The second-order valence-electron chi connectivity index (χ2n) is 6.07. The lowest BCUT2D eigenvalue weighted by molar-refractivity contribution is -0.135. The molecule has 2 saturated heterocycles. The first-order chi connectivity index (χ1) is 11.1. The fraction of sp³-hybridized carbons (Fsp3) is 0.625. The molecule has 0 bridgehead atoms. The molecule has 1 aromatic heterocycles. The van der Waals surface area contributed by atoms with Crippen molar-refractivity contribution in [1.29, 1.82) is 0 Å². The molecular weight excluding hydrogens is 364 g/mol. The first-order valence-corrected chi connectivity index (χ1v) is 8.77. The third-order valence-electron chi connectivity index (χ3n) is 4.58. The normalized spacial score (nSPS) is 22.3. The Hall–Kier alpha value is -1.34. The highest BCUT2D eigenvalue weighted by Gasteiger charge is 2.36. The minimum atomic E-state index is -0.117. The van der Waals surface area contributed by atoms with Crippen molar-refractivity contribution >= 4 is 27.7 Å². The number of amides is 2. The molecule has 0 aromatic carbocycles. The van der Waals surface area contributed by atoms with Gasteiger partial charge in [0.2, 0.25) is 5.91 Å². The van der Waals surface area contributed by atoms with E-state index < -0.39 is 0 Å². The van der Waals surface area contributed by atoms with Crippen molar-refractivity contribution in [2.75, 3.05) is 26.3 Å². The summed E-state index contributed by atoms with van der Waals surface area (Å²) in [5, 5.41) is 0. The number of nitrogens with zero attached hydrogens (tertiary/aromatic N) is 2. The Morgan fingerprint density at radius 1 is 1.22 bits per heavy atom. The summed E-state index contributed by atoms with van der Waals surface area (Å²) in [5.41, 5.74) is 0. The molecule has 7 heteroatoms. The van der Waals surface area contributed by atoms with Crippen LogP contribution in [0.2, 0.25) is 0 Å². The standard InChI is InChI=1S/C16H21BrN2O4/c1-11(20)19(12-5-8-22-9-6-12)13-4-7-18(10-13)16(21)14-2-3-15(17)23-14/h2-3,12-13H,4-10H2,1H3. The van der Waals surface area contributed by atoms with Gasteiger partial charge in [-0.15, -0.1) is 0 Å². The average Bonchev–Trinajstić information content (AvgIpc) is 3.17. The molecule has 126 valence electrons. The summed E-state index contributed by atoms with van der Waals surface area (Å²) in [6.07, 6.45) is 2.55. The van der Waals surface area contributed by atoms with E-state index in [-0.39, 0.29) is 23.9 Å². The second-order valence-corrected chi connectivity index (χ2v) is 6.85. The van der Waals surface area contributed by atoms with Crippen LogP contribution in [0, 0.1) is 0 Å². The number of rotatable bonds is 3. The summed E-state index contributed by atoms with van der Waals surface area (Å²) in [4.78, 5) is 28.3. The molecule has 2 fully saturated rings. The van der Waals surface area contributed by atoms with Gasteiger partial charge in [0.05, 0.1) is 6.04 Å². The number of carbonyl (C=O) groups is 2. The molecule has 0 radical (unpaired) electrons. The van der Waals surface area contributed by atoms with Gasteiger partial charge in [-0.25, -0.2) is 0 Å². The van der Waals surface area contributed by atoms with E-state index in [0.29, 0.717) is 36.7 Å². The fourth-order valence-electron chi connectivity index (χ4n) is 3.51. The van der Waals surface area contributed by atoms with Crippen molar-refractivity contribution in [3.63, 3.8) is 0 Å². The number of hydrogen-bond donors (Lipinski definition) is 0. The fourth-order valence-corrected chi connectivity index (χ4v) is 3.82. The zero-order valence-electron chi connectivity index (χ0n) is 13.2. The van der Waals surface area contributed by atoms with Gasteiger partial charge in [-0.3, -0.25) is 9.59 Å². The van der Waals surface area contributed by atoms with Crippen LogP contribution in [-0.2, 0) is 9.53 Å². The summed E-state index contributed by atoms with van der Waals surface area (Å²) < 4.78 is 11.3. The maximum absolute atomic E-state index is 12.5. The van der Waals surface area contributed by atoms with Gasteiger partial charge in [0, 0.05) is 39.3 Å². The van der Waals surface area contributed by atoms with Gasteiger partial charge in [-0.05, 0) is 47.3 Å². The van der Waals surface area contributed by atoms with E-state index in [1.54, 1.807) is 24.0 Å². The first-order valence-electron chi connectivity index (χ1n) is 7.97. The van der Waals surface area contributed by atoms with Gasteiger partial charge in [0.25, 0.3) is 5.91 Å². The molecule has 1 aromatic rings.